The first-order chi connectivity index (χ1) is 16.8. The Morgan fingerprint density at radius 2 is 1.94 bits per heavy atom. The summed E-state index contributed by atoms with van der Waals surface area (Å²) in [6.07, 6.45) is 6.17. The van der Waals surface area contributed by atoms with Crippen LogP contribution in [0.15, 0.2) is 42.9 Å². The molecule has 1 aromatic carbocycles. The highest BCUT2D eigenvalue weighted by molar-refractivity contribution is 6.04. The molecule has 1 N–H and O–H groups in total. The minimum Gasteiger partial charge on any atom is -0.491 e. The zero-order valence-corrected chi connectivity index (χ0v) is 20.1. The Labute approximate surface area is 203 Å². The van der Waals surface area contributed by atoms with Gasteiger partial charge in [-0.2, -0.15) is 5.10 Å². The lowest BCUT2D eigenvalue weighted by Crippen LogP contribution is -2.33. The number of aryl methyl sites for hydroxylation is 1. The zero-order chi connectivity index (χ0) is 24.9. The number of anilines is 2. The quantitative estimate of drug-likeness (QED) is 0.487. The third-order valence-corrected chi connectivity index (χ3v) is 5.12. The van der Waals surface area contributed by atoms with Gasteiger partial charge in [0.15, 0.2) is 11.6 Å². The lowest BCUT2D eigenvalue weighted by molar-refractivity contribution is 0.102. The number of carbonyl (C=O) groups is 2. The van der Waals surface area contributed by atoms with Crippen LogP contribution in [0, 0.1) is 5.92 Å². The molecule has 2 amide bonds. The molecule has 0 unspecified atom stereocenters. The van der Waals surface area contributed by atoms with Gasteiger partial charge in [0, 0.05) is 37.5 Å². The van der Waals surface area contributed by atoms with E-state index in [0.717, 1.165) is 12.8 Å². The number of rotatable bonds is 9. The van der Waals surface area contributed by atoms with Gasteiger partial charge >= 0.3 is 6.09 Å². The minimum atomic E-state index is -0.484. The molecule has 1 fully saturated rings. The fourth-order valence-corrected chi connectivity index (χ4v) is 3.32. The Balaban J connectivity index is 1.53. The van der Waals surface area contributed by atoms with Crippen molar-refractivity contribution in [3.8, 4) is 17.4 Å². The molecule has 0 spiro atoms. The normalized spacial score (nSPS) is 12.8. The smallest absolute Gasteiger partial charge is 0.415 e. The van der Waals surface area contributed by atoms with Crippen LogP contribution in [0.5, 0.6) is 17.4 Å². The average Bonchev–Trinajstić information content (AvgIpc) is 3.56. The number of amides is 2. The fourth-order valence-electron chi connectivity index (χ4n) is 3.32. The van der Waals surface area contributed by atoms with E-state index in [1.807, 2.05) is 13.8 Å². The number of ether oxygens (including phenoxy) is 3. The predicted molar refractivity (Wildman–Crippen MR) is 128 cm³/mol. The predicted octanol–water partition coefficient (Wildman–Crippen LogP) is 4.02. The van der Waals surface area contributed by atoms with Crippen LogP contribution in [-0.2, 0) is 11.8 Å². The summed E-state index contributed by atoms with van der Waals surface area (Å²) in [6.45, 7) is 4.31. The van der Waals surface area contributed by atoms with Crippen molar-refractivity contribution in [2.75, 3.05) is 23.9 Å². The molecule has 1 aliphatic rings. The molecule has 0 radical (unpaired) electrons. The van der Waals surface area contributed by atoms with Crippen molar-refractivity contribution < 1.29 is 23.8 Å². The number of nitrogens with one attached hydrogen (secondary N) is 1. The van der Waals surface area contributed by atoms with Gasteiger partial charge in [0.2, 0.25) is 5.88 Å². The Hall–Kier alpha value is -4.15. The van der Waals surface area contributed by atoms with Crippen molar-refractivity contribution in [3.05, 3.63) is 48.4 Å². The van der Waals surface area contributed by atoms with E-state index in [-0.39, 0.29) is 17.9 Å². The second-order valence-electron chi connectivity index (χ2n) is 8.53. The number of benzene rings is 1. The first-order valence-electron chi connectivity index (χ1n) is 11.3. The lowest BCUT2D eigenvalue weighted by Gasteiger charge is -2.19. The number of hydrogen-bond donors (Lipinski definition) is 1. The maximum atomic E-state index is 12.8. The monoisotopic (exact) mass is 480 g/mol. The average molecular weight is 481 g/mol. The van der Waals surface area contributed by atoms with Gasteiger partial charge < -0.3 is 19.5 Å². The summed E-state index contributed by atoms with van der Waals surface area (Å²) in [5, 5.41) is 6.91. The SMILES string of the molecule is COC(=O)N(CC1CC1)c1cnc(Oc2cc(OC(C)C)cc(C(=O)Nc3ccn(C)n3)c2)cn1. The summed E-state index contributed by atoms with van der Waals surface area (Å²) in [5.41, 5.74) is 0.328. The largest absolute Gasteiger partial charge is 0.491 e. The Bertz CT molecular complexity index is 1190. The molecule has 0 saturated heterocycles. The summed E-state index contributed by atoms with van der Waals surface area (Å²) < 4.78 is 18.1. The molecular formula is C24H28N6O5. The maximum Gasteiger partial charge on any atom is 0.415 e. The van der Waals surface area contributed by atoms with Gasteiger partial charge in [0.25, 0.3) is 5.91 Å². The lowest BCUT2D eigenvalue weighted by atomic mass is 10.2. The molecule has 2 heterocycles. The van der Waals surface area contributed by atoms with E-state index in [1.165, 1.54) is 24.4 Å². The highest BCUT2D eigenvalue weighted by Gasteiger charge is 2.29. The van der Waals surface area contributed by atoms with Crippen LogP contribution in [-0.4, -0.2) is 51.5 Å². The van der Waals surface area contributed by atoms with Gasteiger partial charge in [-0.15, -0.1) is 0 Å². The van der Waals surface area contributed by atoms with Crippen LogP contribution in [0.3, 0.4) is 0 Å². The van der Waals surface area contributed by atoms with Gasteiger partial charge in [-0.1, -0.05) is 0 Å². The first-order valence-corrected chi connectivity index (χ1v) is 11.3. The van der Waals surface area contributed by atoms with Crippen molar-refractivity contribution in [2.24, 2.45) is 13.0 Å². The molecule has 11 nitrogen and oxygen atoms in total. The molecule has 0 bridgehead atoms. The van der Waals surface area contributed by atoms with Gasteiger partial charge in [-0.25, -0.2) is 14.8 Å². The summed E-state index contributed by atoms with van der Waals surface area (Å²) in [6, 6.07) is 6.57. The first kappa shape index (κ1) is 24.0. The van der Waals surface area contributed by atoms with Crippen molar-refractivity contribution >= 4 is 23.6 Å². The van der Waals surface area contributed by atoms with Gasteiger partial charge in [-0.3, -0.25) is 14.4 Å². The number of nitrogens with zero attached hydrogens (tertiary/aromatic N) is 5. The molecule has 1 saturated carbocycles. The molecule has 3 aromatic rings. The molecule has 11 heteroatoms. The highest BCUT2D eigenvalue weighted by Crippen LogP contribution is 2.32. The van der Waals surface area contributed by atoms with Crippen LogP contribution in [0.1, 0.15) is 37.0 Å². The van der Waals surface area contributed by atoms with Crippen molar-refractivity contribution in [1.29, 1.82) is 0 Å². The van der Waals surface area contributed by atoms with Crippen LogP contribution in [0.25, 0.3) is 0 Å². The summed E-state index contributed by atoms with van der Waals surface area (Å²) in [5.74, 6) is 1.90. The molecule has 184 valence electrons. The van der Waals surface area contributed by atoms with E-state index in [9.17, 15) is 9.59 Å². The van der Waals surface area contributed by atoms with E-state index in [1.54, 1.807) is 42.2 Å². The van der Waals surface area contributed by atoms with Crippen LogP contribution in [0.4, 0.5) is 16.4 Å². The standard InChI is InChI=1S/C24H28N6O5/c1-15(2)34-18-9-17(23(31)27-20-7-8-29(3)28-20)10-19(11-18)35-22-13-25-21(12-26-22)30(24(32)33-4)14-16-5-6-16/h7-13,15-16H,5-6,14H2,1-4H3,(H,27,28,31). The topological polar surface area (TPSA) is 121 Å². The van der Waals surface area contributed by atoms with Crippen LogP contribution >= 0.6 is 0 Å². The van der Waals surface area contributed by atoms with Gasteiger partial charge in [0.05, 0.1) is 25.6 Å². The summed E-state index contributed by atoms with van der Waals surface area (Å²) in [4.78, 5) is 35.1. The van der Waals surface area contributed by atoms with Crippen molar-refractivity contribution in [3.63, 3.8) is 0 Å². The number of aromatic nitrogens is 4. The number of methoxy groups -OCH3 is 1. The Morgan fingerprint density at radius 3 is 2.54 bits per heavy atom. The third-order valence-electron chi connectivity index (χ3n) is 5.12. The maximum absolute atomic E-state index is 12.8. The molecule has 1 aliphatic carbocycles. The summed E-state index contributed by atoms with van der Waals surface area (Å²) >= 11 is 0. The third kappa shape index (κ3) is 6.46. The van der Waals surface area contributed by atoms with E-state index in [0.29, 0.717) is 41.2 Å². The van der Waals surface area contributed by atoms with Crippen molar-refractivity contribution in [2.45, 2.75) is 32.8 Å². The zero-order valence-electron chi connectivity index (χ0n) is 20.1. The Kier molecular flexibility index (Phi) is 7.14. The van der Waals surface area contributed by atoms with Crippen LogP contribution in [0.2, 0.25) is 0 Å². The van der Waals surface area contributed by atoms with Crippen LogP contribution < -0.4 is 19.7 Å². The molecule has 0 aliphatic heterocycles. The Morgan fingerprint density at radius 1 is 1.17 bits per heavy atom. The van der Waals surface area contributed by atoms with E-state index in [2.05, 4.69) is 20.4 Å². The highest BCUT2D eigenvalue weighted by atomic mass is 16.5. The molecule has 0 atom stereocenters. The molecular weight excluding hydrogens is 452 g/mol. The molecule has 4 rings (SSSR count). The molecule has 2 aromatic heterocycles. The number of hydrogen-bond acceptors (Lipinski definition) is 8. The van der Waals surface area contributed by atoms with E-state index < -0.39 is 6.09 Å². The van der Waals surface area contributed by atoms with Crippen molar-refractivity contribution in [1.82, 2.24) is 19.7 Å². The number of carbonyl (C=O) groups excluding carboxylic acids is 2. The van der Waals surface area contributed by atoms with E-state index in [4.69, 9.17) is 14.2 Å². The molecule has 35 heavy (non-hydrogen) atoms. The minimum absolute atomic E-state index is 0.105. The second-order valence-corrected chi connectivity index (χ2v) is 8.53. The van der Waals surface area contributed by atoms with E-state index >= 15 is 0 Å². The second kappa shape index (κ2) is 10.4. The van der Waals surface area contributed by atoms with Gasteiger partial charge in [-0.05, 0) is 44.7 Å². The fraction of sp³-hybridized carbons (Fsp3) is 0.375. The van der Waals surface area contributed by atoms with Gasteiger partial charge in [0.1, 0.15) is 11.5 Å². The summed E-state index contributed by atoms with van der Waals surface area (Å²) in [7, 11) is 3.10.